The molecule has 0 atom stereocenters. The summed E-state index contributed by atoms with van der Waals surface area (Å²) in [4.78, 5) is 14.2. The number of piperidine rings is 1. The van der Waals surface area contributed by atoms with Gasteiger partial charge < -0.3 is 10.2 Å². The van der Waals surface area contributed by atoms with Gasteiger partial charge in [-0.05, 0) is 36.9 Å². The van der Waals surface area contributed by atoms with Gasteiger partial charge in [-0.15, -0.1) is 0 Å². The lowest BCUT2D eigenvalue weighted by Gasteiger charge is -2.33. The molecule has 1 aromatic carbocycles. The van der Waals surface area contributed by atoms with Crippen molar-refractivity contribution in [2.45, 2.75) is 25.8 Å². The van der Waals surface area contributed by atoms with Crippen LogP contribution in [0.5, 0.6) is 0 Å². The second-order valence-corrected chi connectivity index (χ2v) is 5.66. The molecular formula is C15H20N2O. The second kappa shape index (κ2) is 4.73. The van der Waals surface area contributed by atoms with Gasteiger partial charge in [0.15, 0.2) is 0 Å². The van der Waals surface area contributed by atoms with E-state index in [4.69, 9.17) is 0 Å². The fourth-order valence-corrected chi connectivity index (χ4v) is 3.22. The molecule has 0 saturated carbocycles. The van der Waals surface area contributed by atoms with Gasteiger partial charge in [-0.3, -0.25) is 4.79 Å². The van der Waals surface area contributed by atoms with E-state index >= 15 is 0 Å². The molecule has 2 fully saturated rings. The molecule has 18 heavy (non-hydrogen) atoms. The maximum absolute atomic E-state index is 12.2. The molecule has 2 aliphatic heterocycles. The SMILES string of the molecule is O=C1CC2(CCNCC2)CN1Cc1ccccc1. The third-order valence-electron chi connectivity index (χ3n) is 4.29. The first-order valence-electron chi connectivity index (χ1n) is 6.80. The van der Waals surface area contributed by atoms with E-state index in [0.29, 0.717) is 5.91 Å². The summed E-state index contributed by atoms with van der Waals surface area (Å²) in [7, 11) is 0. The highest BCUT2D eigenvalue weighted by molar-refractivity contribution is 5.79. The molecule has 3 heteroatoms. The van der Waals surface area contributed by atoms with Gasteiger partial charge in [0.05, 0.1) is 0 Å². The van der Waals surface area contributed by atoms with Gasteiger partial charge in [0.1, 0.15) is 0 Å². The molecule has 0 radical (unpaired) electrons. The third-order valence-corrected chi connectivity index (χ3v) is 4.29. The van der Waals surface area contributed by atoms with E-state index in [9.17, 15) is 4.79 Å². The first-order chi connectivity index (χ1) is 8.77. The number of nitrogens with one attached hydrogen (secondary N) is 1. The van der Waals surface area contributed by atoms with Crippen LogP contribution in [0.25, 0.3) is 0 Å². The molecular weight excluding hydrogens is 224 g/mol. The van der Waals surface area contributed by atoms with Crippen molar-refractivity contribution in [3.63, 3.8) is 0 Å². The van der Waals surface area contributed by atoms with Gasteiger partial charge >= 0.3 is 0 Å². The Morgan fingerprint density at radius 3 is 2.61 bits per heavy atom. The van der Waals surface area contributed by atoms with Gasteiger partial charge in [0.2, 0.25) is 5.91 Å². The number of amides is 1. The van der Waals surface area contributed by atoms with Crippen LogP contribution in [-0.2, 0) is 11.3 Å². The van der Waals surface area contributed by atoms with Crippen molar-refractivity contribution in [1.82, 2.24) is 10.2 Å². The van der Waals surface area contributed by atoms with Crippen molar-refractivity contribution in [1.29, 1.82) is 0 Å². The minimum atomic E-state index is 0.261. The number of rotatable bonds is 2. The van der Waals surface area contributed by atoms with Crippen molar-refractivity contribution in [3.05, 3.63) is 35.9 Å². The minimum absolute atomic E-state index is 0.261. The van der Waals surface area contributed by atoms with Gasteiger partial charge in [-0.1, -0.05) is 30.3 Å². The van der Waals surface area contributed by atoms with Crippen LogP contribution in [-0.4, -0.2) is 30.4 Å². The highest BCUT2D eigenvalue weighted by Crippen LogP contribution is 2.39. The van der Waals surface area contributed by atoms with Crippen LogP contribution in [0.2, 0.25) is 0 Å². The Hall–Kier alpha value is -1.35. The Morgan fingerprint density at radius 1 is 1.17 bits per heavy atom. The van der Waals surface area contributed by atoms with E-state index in [0.717, 1.165) is 45.4 Å². The Labute approximate surface area is 108 Å². The van der Waals surface area contributed by atoms with Gasteiger partial charge in [-0.2, -0.15) is 0 Å². The lowest BCUT2D eigenvalue weighted by Crippen LogP contribution is -2.38. The third kappa shape index (κ3) is 2.27. The lowest BCUT2D eigenvalue weighted by atomic mass is 9.78. The molecule has 0 aromatic heterocycles. The van der Waals surface area contributed by atoms with E-state index < -0.39 is 0 Å². The predicted molar refractivity (Wildman–Crippen MR) is 71.0 cm³/mol. The van der Waals surface area contributed by atoms with Crippen LogP contribution in [0, 0.1) is 5.41 Å². The van der Waals surface area contributed by atoms with Crippen molar-refractivity contribution >= 4 is 5.91 Å². The molecule has 3 nitrogen and oxygen atoms in total. The Kier molecular flexibility index (Phi) is 3.08. The molecule has 2 heterocycles. The van der Waals surface area contributed by atoms with Crippen molar-refractivity contribution in [2.24, 2.45) is 5.41 Å². The minimum Gasteiger partial charge on any atom is -0.338 e. The number of hydrogen-bond acceptors (Lipinski definition) is 2. The fraction of sp³-hybridized carbons (Fsp3) is 0.533. The van der Waals surface area contributed by atoms with E-state index in [1.165, 1.54) is 5.56 Å². The van der Waals surface area contributed by atoms with Gasteiger partial charge in [-0.25, -0.2) is 0 Å². The molecule has 1 spiro atoms. The molecule has 1 amide bonds. The van der Waals surface area contributed by atoms with Crippen LogP contribution < -0.4 is 5.32 Å². The zero-order valence-electron chi connectivity index (χ0n) is 10.7. The summed E-state index contributed by atoms with van der Waals surface area (Å²) in [5.74, 6) is 0.334. The number of hydrogen-bond donors (Lipinski definition) is 1. The number of carbonyl (C=O) groups is 1. The number of likely N-dealkylation sites (tertiary alicyclic amines) is 1. The Bertz CT molecular complexity index is 423. The van der Waals surface area contributed by atoms with Crippen LogP contribution in [0.3, 0.4) is 0 Å². The summed E-state index contributed by atoms with van der Waals surface area (Å²) in [6, 6.07) is 10.3. The van der Waals surface area contributed by atoms with E-state index in [1.807, 2.05) is 23.1 Å². The molecule has 2 aliphatic rings. The lowest BCUT2D eigenvalue weighted by molar-refractivity contribution is -0.128. The molecule has 0 aliphatic carbocycles. The molecule has 0 bridgehead atoms. The molecule has 1 aromatic rings. The zero-order chi connectivity index (χ0) is 12.4. The number of benzene rings is 1. The zero-order valence-corrected chi connectivity index (χ0v) is 10.7. The standard InChI is InChI=1S/C15H20N2O/c18-14-10-15(6-8-16-9-7-15)12-17(14)11-13-4-2-1-3-5-13/h1-5,16H,6-12H2. The van der Waals surface area contributed by atoms with Crippen molar-refractivity contribution in [2.75, 3.05) is 19.6 Å². The van der Waals surface area contributed by atoms with Gasteiger partial charge in [0.25, 0.3) is 0 Å². The topological polar surface area (TPSA) is 32.3 Å². The highest BCUT2D eigenvalue weighted by atomic mass is 16.2. The first-order valence-corrected chi connectivity index (χ1v) is 6.80. The van der Waals surface area contributed by atoms with E-state index in [1.54, 1.807) is 0 Å². The van der Waals surface area contributed by atoms with Crippen LogP contribution in [0.15, 0.2) is 30.3 Å². The summed E-state index contributed by atoms with van der Waals surface area (Å²) in [5.41, 5.74) is 1.49. The van der Waals surface area contributed by atoms with Crippen LogP contribution in [0.4, 0.5) is 0 Å². The first kappa shape index (κ1) is 11.7. The van der Waals surface area contributed by atoms with Crippen molar-refractivity contribution in [3.8, 4) is 0 Å². The summed E-state index contributed by atoms with van der Waals surface area (Å²) in [6.07, 6.45) is 3.04. The van der Waals surface area contributed by atoms with E-state index in [2.05, 4.69) is 17.4 Å². The monoisotopic (exact) mass is 244 g/mol. The van der Waals surface area contributed by atoms with Crippen LogP contribution >= 0.6 is 0 Å². The Morgan fingerprint density at radius 2 is 1.89 bits per heavy atom. The normalized spacial score (nSPS) is 22.7. The van der Waals surface area contributed by atoms with E-state index in [-0.39, 0.29) is 5.41 Å². The molecule has 2 saturated heterocycles. The quantitative estimate of drug-likeness (QED) is 0.860. The molecule has 0 unspecified atom stereocenters. The molecule has 3 rings (SSSR count). The van der Waals surface area contributed by atoms with Gasteiger partial charge in [0, 0.05) is 19.5 Å². The maximum Gasteiger partial charge on any atom is 0.223 e. The summed E-state index contributed by atoms with van der Waals surface area (Å²) in [5, 5.41) is 3.39. The van der Waals surface area contributed by atoms with Crippen LogP contribution in [0.1, 0.15) is 24.8 Å². The largest absolute Gasteiger partial charge is 0.338 e. The second-order valence-electron chi connectivity index (χ2n) is 5.66. The average Bonchev–Trinajstić information content (AvgIpc) is 2.68. The molecule has 1 N–H and O–H groups in total. The van der Waals surface area contributed by atoms with Crippen molar-refractivity contribution < 1.29 is 4.79 Å². The highest BCUT2D eigenvalue weighted by Gasteiger charge is 2.43. The predicted octanol–water partition coefficient (Wildman–Crippen LogP) is 1.79. The number of nitrogens with zero attached hydrogens (tertiary/aromatic N) is 1. The average molecular weight is 244 g/mol. The molecule has 96 valence electrons. The number of carbonyl (C=O) groups excluding carboxylic acids is 1. The smallest absolute Gasteiger partial charge is 0.223 e. The maximum atomic E-state index is 12.2. The fourth-order valence-electron chi connectivity index (χ4n) is 3.22. The summed E-state index contributed by atoms with van der Waals surface area (Å²) >= 11 is 0. The summed E-state index contributed by atoms with van der Waals surface area (Å²) < 4.78 is 0. The Balaban J connectivity index is 1.69. The summed E-state index contributed by atoms with van der Waals surface area (Å²) in [6.45, 7) is 3.84.